The summed E-state index contributed by atoms with van der Waals surface area (Å²) in [7, 11) is 0. The average Bonchev–Trinajstić information content (AvgIpc) is 2.41. The van der Waals surface area contributed by atoms with Gasteiger partial charge < -0.3 is 10.8 Å². The number of benzene rings is 2. The van der Waals surface area contributed by atoms with Crippen molar-refractivity contribution in [2.75, 3.05) is 5.73 Å². The average molecular weight is 330 g/mol. The summed E-state index contributed by atoms with van der Waals surface area (Å²) in [6, 6.07) is 7.88. The van der Waals surface area contributed by atoms with Crippen LogP contribution in [0.4, 0.5) is 18.9 Å². The van der Waals surface area contributed by atoms with Crippen LogP contribution in [0, 0.1) is 0 Å². The fraction of sp³-hybridized carbons (Fsp3) is 0.133. The fourth-order valence-corrected chi connectivity index (χ4v) is 2.18. The minimum absolute atomic E-state index is 0.1000. The molecule has 0 atom stereocenters. The molecular weight excluding hydrogens is 319 g/mol. The molecule has 3 N–H and O–H groups in total. The first-order valence-corrected chi connectivity index (χ1v) is 6.53. The molecule has 0 amide bonds. The van der Waals surface area contributed by atoms with Crippen molar-refractivity contribution in [2.24, 2.45) is 0 Å². The van der Waals surface area contributed by atoms with Crippen LogP contribution in [0.3, 0.4) is 0 Å². The number of alkyl halides is 3. The van der Waals surface area contributed by atoms with Gasteiger partial charge in [0.2, 0.25) is 0 Å². The fourth-order valence-electron chi connectivity index (χ4n) is 2.05. The van der Waals surface area contributed by atoms with Crippen molar-refractivity contribution in [1.82, 2.24) is 0 Å². The van der Waals surface area contributed by atoms with Crippen LogP contribution in [0.15, 0.2) is 36.4 Å². The predicted molar refractivity (Wildman–Crippen MR) is 77.1 cm³/mol. The van der Waals surface area contributed by atoms with E-state index in [0.29, 0.717) is 16.7 Å². The number of halogens is 4. The van der Waals surface area contributed by atoms with Crippen molar-refractivity contribution in [3.8, 4) is 0 Å². The number of aromatic carboxylic acids is 1. The number of carboxylic acids is 1. The third-order valence-electron chi connectivity index (χ3n) is 3.14. The second-order valence-corrected chi connectivity index (χ2v) is 5.13. The van der Waals surface area contributed by atoms with E-state index < -0.39 is 23.3 Å². The topological polar surface area (TPSA) is 63.3 Å². The Balaban J connectivity index is 2.50. The zero-order valence-corrected chi connectivity index (χ0v) is 11.9. The lowest BCUT2D eigenvalue weighted by Crippen LogP contribution is -2.12. The van der Waals surface area contributed by atoms with E-state index in [0.717, 1.165) is 6.07 Å². The molecule has 0 aromatic heterocycles. The molecule has 0 saturated carbocycles. The van der Waals surface area contributed by atoms with Crippen molar-refractivity contribution in [3.05, 3.63) is 63.7 Å². The Labute approximate surface area is 129 Å². The normalized spacial score (nSPS) is 11.5. The molecule has 0 heterocycles. The van der Waals surface area contributed by atoms with Crippen molar-refractivity contribution >= 4 is 23.3 Å². The SMILES string of the molecule is Nc1cc(C(F)(F)F)cc(C(=O)O)c1Cc1ccc(Cl)cc1. The first-order chi connectivity index (χ1) is 10.2. The summed E-state index contributed by atoms with van der Waals surface area (Å²) in [4.78, 5) is 11.3. The largest absolute Gasteiger partial charge is 0.478 e. The van der Waals surface area contributed by atoms with Gasteiger partial charge in [-0.1, -0.05) is 23.7 Å². The van der Waals surface area contributed by atoms with E-state index >= 15 is 0 Å². The maximum atomic E-state index is 12.8. The predicted octanol–water partition coefficient (Wildman–Crippen LogP) is 4.23. The van der Waals surface area contributed by atoms with Crippen molar-refractivity contribution in [2.45, 2.75) is 12.6 Å². The van der Waals surface area contributed by atoms with Crippen LogP contribution < -0.4 is 5.73 Å². The molecule has 0 bridgehead atoms. The van der Waals surface area contributed by atoms with Gasteiger partial charge in [-0.25, -0.2) is 4.79 Å². The Bertz CT molecular complexity index is 712. The molecule has 3 nitrogen and oxygen atoms in total. The summed E-state index contributed by atoms with van der Waals surface area (Å²) in [6.07, 6.45) is -4.56. The minimum atomic E-state index is -4.66. The van der Waals surface area contributed by atoms with Crippen LogP contribution in [-0.2, 0) is 12.6 Å². The molecule has 0 saturated heterocycles. The molecule has 0 unspecified atom stereocenters. The highest BCUT2D eigenvalue weighted by molar-refractivity contribution is 6.30. The Hall–Kier alpha value is -2.21. The monoisotopic (exact) mass is 329 g/mol. The Morgan fingerprint density at radius 2 is 1.77 bits per heavy atom. The van der Waals surface area contributed by atoms with E-state index in [1.165, 1.54) is 0 Å². The van der Waals surface area contributed by atoms with Gasteiger partial charge in [0.15, 0.2) is 0 Å². The van der Waals surface area contributed by atoms with Crippen LogP contribution in [0.1, 0.15) is 27.0 Å². The molecule has 116 valence electrons. The standard InChI is InChI=1S/C15H11ClF3NO2/c16-10-3-1-8(2-4-10)5-11-12(14(21)22)6-9(7-13(11)20)15(17,18)19/h1-4,6-7H,5,20H2,(H,21,22). The van der Waals surface area contributed by atoms with Crippen LogP contribution >= 0.6 is 11.6 Å². The Morgan fingerprint density at radius 3 is 2.27 bits per heavy atom. The summed E-state index contributed by atoms with van der Waals surface area (Å²) in [6.45, 7) is 0. The zero-order valence-electron chi connectivity index (χ0n) is 11.1. The number of nitrogens with two attached hydrogens (primary N) is 1. The molecule has 7 heteroatoms. The van der Waals surface area contributed by atoms with Gasteiger partial charge in [0.25, 0.3) is 0 Å². The van der Waals surface area contributed by atoms with E-state index in [1.807, 2.05) is 0 Å². The molecule has 0 spiro atoms. The van der Waals surface area contributed by atoms with E-state index in [-0.39, 0.29) is 17.7 Å². The van der Waals surface area contributed by atoms with Gasteiger partial charge in [-0.05, 0) is 35.4 Å². The molecule has 2 aromatic rings. The quantitative estimate of drug-likeness (QED) is 0.828. The highest BCUT2D eigenvalue weighted by Gasteiger charge is 2.32. The minimum Gasteiger partial charge on any atom is -0.478 e. The number of anilines is 1. The van der Waals surface area contributed by atoms with Gasteiger partial charge >= 0.3 is 12.1 Å². The molecule has 0 radical (unpaired) electrons. The van der Waals surface area contributed by atoms with Crippen LogP contribution in [0.5, 0.6) is 0 Å². The summed E-state index contributed by atoms with van der Waals surface area (Å²) >= 11 is 5.75. The van der Waals surface area contributed by atoms with Gasteiger partial charge in [0, 0.05) is 17.1 Å². The molecule has 0 aliphatic rings. The highest BCUT2D eigenvalue weighted by Crippen LogP contribution is 2.34. The summed E-state index contributed by atoms with van der Waals surface area (Å²) in [5.74, 6) is -1.46. The van der Waals surface area contributed by atoms with Gasteiger partial charge in [-0.3, -0.25) is 0 Å². The molecule has 2 rings (SSSR count). The lowest BCUT2D eigenvalue weighted by atomic mass is 9.95. The third-order valence-corrected chi connectivity index (χ3v) is 3.39. The molecule has 22 heavy (non-hydrogen) atoms. The summed E-state index contributed by atoms with van der Waals surface area (Å²) < 4.78 is 38.3. The second-order valence-electron chi connectivity index (χ2n) is 4.70. The molecule has 0 fully saturated rings. The Morgan fingerprint density at radius 1 is 1.18 bits per heavy atom. The van der Waals surface area contributed by atoms with Crippen molar-refractivity contribution in [1.29, 1.82) is 0 Å². The number of rotatable bonds is 3. The highest BCUT2D eigenvalue weighted by atomic mass is 35.5. The van der Waals surface area contributed by atoms with E-state index in [9.17, 15) is 18.0 Å². The van der Waals surface area contributed by atoms with Crippen LogP contribution in [-0.4, -0.2) is 11.1 Å². The summed E-state index contributed by atoms with van der Waals surface area (Å²) in [5.41, 5.74) is 4.74. The van der Waals surface area contributed by atoms with Crippen molar-refractivity contribution < 1.29 is 23.1 Å². The number of hydrogen-bond acceptors (Lipinski definition) is 2. The summed E-state index contributed by atoms with van der Waals surface area (Å²) in [5, 5.41) is 9.66. The smallest absolute Gasteiger partial charge is 0.416 e. The maximum Gasteiger partial charge on any atom is 0.416 e. The first-order valence-electron chi connectivity index (χ1n) is 6.16. The van der Waals surface area contributed by atoms with Gasteiger partial charge in [0.05, 0.1) is 11.1 Å². The zero-order chi connectivity index (χ0) is 16.5. The second kappa shape index (κ2) is 5.88. The van der Waals surface area contributed by atoms with Crippen LogP contribution in [0.2, 0.25) is 5.02 Å². The van der Waals surface area contributed by atoms with E-state index in [1.54, 1.807) is 24.3 Å². The number of nitrogen functional groups attached to an aromatic ring is 1. The lowest BCUT2D eigenvalue weighted by Gasteiger charge is -2.14. The van der Waals surface area contributed by atoms with E-state index in [4.69, 9.17) is 22.4 Å². The molecule has 0 aliphatic heterocycles. The number of carboxylic acid groups (broad SMARTS) is 1. The van der Waals surface area contributed by atoms with Crippen LogP contribution in [0.25, 0.3) is 0 Å². The van der Waals surface area contributed by atoms with Gasteiger partial charge in [-0.2, -0.15) is 13.2 Å². The third kappa shape index (κ3) is 3.51. The first kappa shape index (κ1) is 16.2. The number of hydrogen-bond donors (Lipinski definition) is 2. The number of carbonyl (C=O) groups is 1. The Kier molecular flexibility index (Phi) is 4.32. The van der Waals surface area contributed by atoms with Gasteiger partial charge in [-0.15, -0.1) is 0 Å². The molecular formula is C15H11ClF3NO2. The van der Waals surface area contributed by atoms with Gasteiger partial charge in [0.1, 0.15) is 0 Å². The van der Waals surface area contributed by atoms with E-state index in [2.05, 4.69) is 0 Å². The molecule has 0 aliphatic carbocycles. The lowest BCUT2D eigenvalue weighted by molar-refractivity contribution is -0.137. The molecule has 2 aromatic carbocycles. The maximum absolute atomic E-state index is 12.8. The van der Waals surface area contributed by atoms with Crippen molar-refractivity contribution in [3.63, 3.8) is 0 Å².